The van der Waals surface area contributed by atoms with Crippen molar-refractivity contribution >= 4 is 27.5 Å². The van der Waals surface area contributed by atoms with Gasteiger partial charge in [-0.25, -0.2) is 0 Å². The molecule has 0 saturated heterocycles. The maximum atomic E-state index is 6.62. The lowest BCUT2D eigenvalue weighted by Crippen LogP contribution is -1.97. The fraction of sp³-hybridized carbons (Fsp3) is 0.250. The zero-order chi connectivity index (χ0) is 13.3. The summed E-state index contributed by atoms with van der Waals surface area (Å²) in [5.41, 5.74) is 6.03. The number of hydrogen-bond donors (Lipinski definition) is 0. The molecule has 0 saturated carbocycles. The molecule has 0 amide bonds. The minimum absolute atomic E-state index is 0.0864. The van der Waals surface area contributed by atoms with Gasteiger partial charge in [0.05, 0.1) is 5.38 Å². The highest BCUT2D eigenvalue weighted by molar-refractivity contribution is 9.10. The highest BCUT2D eigenvalue weighted by atomic mass is 79.9. The second-order valence-corrected chi connectivity index (χ2v) is 6.02. The molecule has 0 spiro atoms. The van der Waals surface area contributed by atoms with E-state index in [1.54, 1.807) is 0 Å². The van der Waals surface area contributed by atoms with E-state index in [2.05, 4.69) is 73.1 Å². The van der Waals surface area contributed by atoms with E-state index in [1.807, 2.05) is 0 Å². The molecule has 94 valence electrons. The van der Waals surface area contributed by atoms with E-state index in [1.165, 1.54) is 22.3 Å². The summed E-state index contributed by atoms with van der Waals surface area (Å²) >= 11 is 10.1. The number of benzene rings is 2. The Bertz CT molecular complexity index is 575. The van der Waals surface area contributed by atoms with E-state index in [0.717, 1.165) is 10.0 Å². The average Bonchev–Trinajstić information content (AvgIpc) is 2.35. The normalized spacial score (nSPS) is 12.5. The maximum Gasteiger partial charge on any atom is 0.0838 e. The van der Waals surface area contributed by atoms with Crippen LogP contribution in [0.4, 0.5) is 0 Å². The quantitative estimate of drug-likeness (QED) is 0.622. The van der Waals surface area contributed by atoms with Crippen LogP contribution in [-0.2, 0) is 0 Å². The van der Waals surface area contributed by atoms with Crippen LogP contribution in [0.15, 0.2) is 40.9 Å². The molecular weight excluding hydrogens is 308 g/mol. The first-order valence-electron chi connectivity index (χ1n) is 5.96. The van der Waals surface area contributed by atoms with Crippen LogP contribution in [-0.4, -0.2) is 0 Å². The molecule has 0 aromatic heterocycles. The fourth-order valence-corrected chi connectivity index (χ4v) is 2.66. The van der Waals surface area contributed by atoms with Crippen molar-refractivity contribution in [1.82, 2.24) is 0 Å². The predicted octanol–water partition coefficient (Wildman–Crippen LogP) is 5.70. The fourth-order valence-electron chi connectivity index (χ4n) is 2.04. The van der Waals surface area contributed by atoms with Gasteiger partial charge in [0.15, 0.2) is 0 Å². The molecule has 2 aromatic rings. The molecule has 0 aliphatic heterocycles. The first-order chi connectivity index (χ1) is 8.49. The Morgan fingerprint density at radius 1 is 0.944 bits per heavy atom. The molecular formula is C16H16BrCl. The minimum atomic E-state index is -0.0864. The molecule has 2 heteroatoms. The van der Waals surface area contributed by atoms with Gasteiger partial charge in [-0.1, -0.05) is 51.8 Å². The first kappa shape index (κ1) is 13.6. The number of halogens is 2. The highest BCUT2D eigenvalue weighted by Crippen LogP contribution is 2.33. The molecule has 0 fully saturated rings. The Morgan fingerprint density at radius 2 is 1.67 bits per heavy atom. The minimum Gasteiger partial charge on any atom is -0.113 e. The largest absolute Gasteiger partial charge is 0.113 e. The van der Waals surface area contributed by atoms with Crippen molar-refractivity contribution in [2.75, 3.05) is 0 Å². The summed E-state index contributed by atoms with van der Waals surface area (Å²) in [6.45, 7) is 6.29. The maximum absolute atomic E-state index is 6.62. The van der Waals surface area contributed by atoms with E-state index >= 15 is 0 Å². The van der Waals surface area contributed by atoms with E-state index in [4.69, 9.17) is 11.6 Å². The molecule has 1 unspecified atom stereocenters. The van der Waals surface area contributed by atoms with Gasteiger partial charge in [-0.05, 0) is 49.1 Å². The van der Waals surface area contributed by atoms with Gasteiger partial charge in [0.25, 0.3) is 0 Å². The molecule has 0 heterocycles. The molecule has 0 N–H and O–H groups in total. The van der Waals surface area contributed by atoms with Crippen molar-refractivity contribution < 1.29 is 0 Å². The second kappa shape index (κ2) is 5.46. The molecule has 2 rings (SSSR count). The van der Waals surface area contributed by atoms with Crippen molar-refractivity contribution in [2.45, 2.75) is 26.1 Å². The van der Waals surface area contributed by atoms with Crippen LogP contribution in [0.3, 0.4) is 0 Å². The average molecular weight is 324 g/mol. The molecule has 18 heavy (non-hydrogen) atoms. The van der Waals surface area contributed by atoms with Crippen LogP contribution >= 0.6 is 27.5 Å². The van der Waals surface area contributed by atoms with Crippen LogP contribution in [0.1, 0.15) is 33.2 Å². The van der Waals surface area contributed by atoms with Crippen molar-refractivity contribution in [3.8, 4) is 0 Å². The Balaban J connectivity index is 2.44. The van der Waals surface area contributed by atoms with Crippen LogP contribution in [0, 0.1) is 20.8 Å². The standard InChI is InChI=1S/C16H16BrCl/c1-10-4-5-11(2)14(8-10)16(18)13-6-7-15(17)12(3)9-13/h4-9,16H,1-3H3. The molecule has 0 aliphatic rings. The number of hydrogen-bond acceptors (Lipinski definition) is 0. The number of alkyl halides is 1. The van der Waals surface area contributed by atoms with Crippen LogP contribution in [0.5, 0.6) is 0 Å². The topological polar surface area (TPSA) is 0 Å². The first-order valence-corrected chi connectivity index (χ1v) is 7.19. The molecule has 0 radical (unpaired) electrons. The van der Waals surface area contributed by atoms with E-state index in [0.29, 0.717) is 0 Å². The lowest BCUT2D eigenvalue weighted by Gasteiger charge is -2.15. The van der Waals surface area contributed by atoms with Gasteiger partial charge in [0, 0.05) is 4.47 Å². The van der Waals surface area contributed by atoms with Gasteiger partial charge in [-0.3, -0.25) is 0 Å². The van der Waals surface area contributed by atoms with Gasteiger partial charge in [-0.15, -0.1) is 11.6 Å². The van der Waals surface area contributed by atoms with Gasteiger partial charge < -0.3 is 0 Å². The number of aryl methyl sites for hydroxylation is 3. The summed E-state index contributed by atoms with van der Waals surface area (Å²) in [5, 5.41) is -0.0864. The summed E-state index contributed by atoms with van der Waals surface area (Å²) < 4.78 is 1.12. The van der Waals surface area contributed by atoms with Gasteiger partial charge in [0.1, 0.15) is 0 Å². The lowest BCUT2D eigenvalue weighted by atomic mass is 9.97. The molecule has 2 aromatic carbocycles. The van der Waals surface area contributed by atoms with Crippen molar-refractivity contribution in [2.24, 2.45) is 0 Å². The lowest BCUT2D eigenvalue weighted by molar-refractivity contribution is 1.09. The third-order valence-corrected chi connectivity index (χ3v) is 4.56. The molecule has 0 bridgehead atoms. The zero-order valence-electron chi connectivity index (χ0n) is 10.8. The van der Waals surface area contributed by atoms with Crippen LogP contribution < -0.4 is 0 Å². The van der Waals surface area contributed by atoms with Crippen molar-refractivity contribution in [3.63, 3.8) is 0 Å². The molecule has 1 atom stereocenters. The summed E-state index contributed by atoms with van der Waals surface area (Å²) in [7, 11) is 0. The Labute approximate surface area is 122 Å². The van der Waals surface area contributed by atoms with E-state index in [9.17, 15) is 0 Å². The van der Waals surface area contributed by atoms with Crippen molar-refractivity contribution in [3.05, 3.63) is 68.7 Å². The smallest absolute Gasteiger partial charge is 0.0838 e. The van der Waals surface area contributed by atoms with E-state index < -0.39 is 0 Å². The summed E-state index contributed by atoms with van der Waals surface area (Å²) in [6, 6.07) is 12.7. The Hall–Kier alpha value is -0.790. The second-order valence-electron chi connectivity index (χ2n) is 4.73. The zero-order valence-corrected chi connectivity index (χ0v) is 13.1. The summed E-state index contributed by atoms with van der Waals surface area (Å²) in [5.74, 6) is 0. The van der Waals surface area contributed by atoms with Crippen LogP contribution in [0.2, 0.25) is 0 Å². The summed E-state index contributed by atoms with van der Waals surface area (Å²) in [6.07, 6.45) is 0. The molecule has 0 aliphatic carbocycles. The summed E-state index contributed by atoms with van der Waals surface area (Å²) in [4.78, 5) is 0. The Kier molecular flexibility index (Phi) is 4.14. The number of rotatable bonds is 2. The van der Waals surface area contributed by atoms with Crippen LogP contribution in [0.25, 0.3) is 0 Å². The van der Waals surface area contributed by atoms with Gasteiger partial charge >= 0.3 is 0 Å². The van der Waals surface area contributed by atoms with Crippen molar-refractivity contribution in [1.29, 1.82) is 0 Å². The van der Waals surface area contributed by atoms with Gasteiger partial charge in [0.2, 0.25) is 0 Å². The third kappa shape index (κ3) is 2.78. The van der Waals surface area contributed by atoms with Gasteiger partial charge in [-0.2, -0.15) is 0 Å². The Morgan fingerprint density at radius 3 is 2.33 bits per heavy atom. The highest BCUT2D eigenvalue weighted by Gasteiger charge is 2.14. The molecule has 0 nitrogen and oxygen atoms in total. The predicted molar refractivity (Wildman–Crippen MR) is 82.5 cm³/mol. The monoisotopic (exact) mass is 322 g/mol. The van der Waals surface area contributed by atoms with E-state index in [-0.39, 0.29) is 5.38 Å². The third-order valence-electron chi connectivity index (χ3n) is 3.18. The SMILES string of the molecule is Cc1ccc(C)c(C(Cl)c2ccc(Br)c(C)c2)c1.